The molecule has 2 aromatic rings. The summed E-state index contributed by atoms with van der Waals surface area (Å²) in [5, 5.41) is 8.26. The van der Waals surface area contributed by atoms with Gasteiger partial charge in [0.15, 0.2) is 11.0 Å². The van der Waals surface area contributed by atoms with Gasteiger partial charge in [0.05, 0.1) is 30.6 Å². The largest absolute Gasteiger partial charge is 0.440 e. The number of carbonyl (C=O) groups is 1. The highest BCUT2D eigenvalue weighted by molar-refractivity contribution is 6.29. The van der Waals surface area contributed by atoms with E-state index in [1.807, 2.05) is 4.68 Å². The summed E-state index contributed by atoms with van der Waals surface area (Å²) >= 11 is 5.72. The molecule has 21 heavy (non-hydrogen) atoms. The molecule has 2 atom stereocenters. The Hall–Kier alpha value is -1.86. The maximum Gasteiger partial charge on any atom is 0.289 e. The van der Waals surface area contributed by atoms with E-state index in [1.165, 1.54) is 0 Å². The van der Waals surface area contributed by atoms with E-state index in [4.69, 9.17) is 20.8 Å². The van der Waals surface area contributed by atoms with Crippen LogP contribution in [0.25, 0.3) is 0 Å². The van der Waals surface area contributed by atoms with E-state index in [1.54, 1.807) is 23.2 Å². The number of carbonyl (C=O) groups excluding carboxylic acids is 1. The Balaban J connectivity index is 1.52. The number of aromatic nitrogens is 3. The summed E-state index contributed by atoms with van der Waals surface area (Å²) in [7, 11) is 0. The topological polar surface area (TPSA) is 73.4 Å². The van der Waals surface area contributed by atoms with E-state index < -0.39 is 0 Å². The van der Waals surface area contributed by atoms with Crippen LogP contribution in [0.2, 0.25) is 5.22 Å². The van der Waals surface area contributed by atoms with Crippen LogP contribution in [0.5, 0.6) is 0 Å². The first kappa shape index (κ1) is 12.8. The number of piperidine rings is 1. The van der Waals surface area contributed by atoms with Crippen molar-refractivity contribution in [1.82, 2.24) is 19.9 Å². The first-order chi connectivity index (χ1) is 10.2. The van der Waals surface area contributed by atoms with Gasteiger partial charge in [-0.2, -0.15) is 0 Å². The van der Waals surface area contributed by atoms with Gasteiger partial charge in [0.25, 0.3) is 5.91 Å². The number of ether oxygens (including phenoxy) is 1. The van der Waals surface area contributed by atoms with Gasteiger partial charge < -0.3 is 14.1 Å². The highest BCUT2D eigenvalue weighted by Crippen LogP contribution is 2.31. The third-order valence-corrected chi connectivity index (χ3v) is 4.21. The monoisotopic (exact) mass is 308 g/mol. The molecule has 0 unspecified atom stereocenters. The van der Waals surface area contributed by atoms with Gasteiger partial charge in [-0.05, 0) is 30.2 Å². The van der Waals surface area contributed by atoms with Crippen LogP contribution >= 0.6 is 11.6 Å². The van der Waals surface area contributed by atoms with E-state index in [-0.39, 0.29) is 29.0 Å². The number of likely N-dealkylation sites (tertiary alicyclic amines) is 1. The van der Waals surface area contributed by atoms with E-state index in [0.29, 0.717) is 19.7 Å². The average molecular weight is 309 g/mol. The quantitative estimate of drug-likeness (QED) is 0.798. The summed E-state index contributed by atoms with van der Waals surface area (Å²) in [6.45, 7) is 1.62. The second-order valence-electron chi connectivity index (χ2n) is 5.23. The fourth-order valence-electron chi connectivity index (χ4n) is 2.96. The molecule has 4 heterocycles. The van der Waals surface area contributed by atoms with Crippen LogP contribution < -0.4 is 0 Å². The zero-order valence-electron chi connectivity index (χ0n) is 11.1. The fraction of sp³-hybridized carbons (Fsp3) is 0.462. The van der Waals surface area contributed by atoms with E-state index in [9.17, 15) is 4.79 Å². The van der Waals surface area contributed by atoms with Gasteiger partial charge in [0, 0.05) is 13.1 Å². The van der Waals surface area contributed by atoms with Crippen molar-refractivity contribution in [2.24, 2.45) is 0 Å². The summed E-state index contributed by atoms with van der Waals surface area (Å²) in [5.74, 6) is 0.101. The second-order valence-corrected chi connectivity index (χ2v) is 5.60. The Bertz CT molecular complexity index is 683. The van der Waals surface area contributed by atoms with Crippen molar-refractivity contribution in [2.45, 2.75) is 25.2 Å². The average Bonchev–Trinajstić information content (AvgIpc) is 3.14. The molecule has 0 bridgehead atoms. The molecule has 4 rings (SSSR count). The van der Waals surface area contributed by atoms with Gasteiger partial charge in [-0.3, -0.25) is 4.79 Å². The molecule has 0 aromatic carbocycles. The molecule has 0 N–H and O–H groups in total. The fourth-order valence-corrected chi connectivity index (χ4v) is 3.10. The molecular formula is C13H13ClN4O3. The SMILES string of the molecule is O=C(c1ccc(Cl)o1)N1CC[C@H]2[C@H](C1)OCc1cnnn12. The lowest BCUT2D eigenvalue weighted by atomic mass is 10.00. The molecule has 0 spiro atoms. The van der Waals surface area contributed by atoms with Gasteiger partial charge in [-0.1, -0.05) is 5.21 Å². The number of rotatable bonds is 1. The number of furan rings is 1. The molecule has 0 aliphatic carbocycles. The smallest absolute Gasteiger partial charge is 0.289 e. The minimum absolute atomic E-state index is 0.0673. The lowest BCUT2D eigenvalue weighted by molar-refractivity contribution is -0.0631. The zero-order valence-corrected chi connectivity index (χ0v) is 11.9. The summed E-state index contributed by atoms with van der Waals surface area (Å²) in [6.07, 6.45) is 2.43. The predicted octanol–water partition coefficient (Wildman–Crippen LogP) is 1.51. The minimum Gasteiger partial charge on any atom is -0.440 e. The van der Waals surface area contributed by atoms with Gasteiger partial charge in [-0.25, -0.2) is 4.68 Å². The normalized spacial score (nSPS) is 24.5. The van der Waals surface area contributed by atoms with Crippen LogP contribution in [0.15, 0.2) is 22.7 Å². The molecule has 7 nitrogen and oxygen atoms in total. The maximum atomic E-state index is 12.4. The third kappa shape index (κ3) is 2.13. The van der Waals surface area contributed by atoms with Crippen molar-refractivity contribution in [3.05, 3.63) is 35.0 Å². The van der Waals surface area contributed by atoms with Gasteiger partial charge >= 0.3 is 0 Å². The number of halogens is 1. The van der Waals surface area contributed by atoms with E-state index >= 15 is 0 Å². The van der Waals surface area contributed by atoms with Crippen molar-refractivity contribution in [3.8, 4) is 0 Å². The van der Waals surface area contributed by atoms with Gasteiger partial charge in [0.1, 0.15) is 0 Å². The van der Waals surface area contributed by atoms with Crippen LogP contribution in [-0.2, 0) is 11.3 Å². The second kappa shape index (κ2) is 4.85. The summed E-state index contributed by atoms with van der Waals surface area (Å²) in [6, 6.07) is 3.30. The summed E-state index contributed by atoms with van der Waals surface area (Å²) in [5.41, 5.74) is 0.980. The molecule has 2 aliphatic rings. The van der Waals surface area contributed by atoms with Gasteiger partial charge in [0.2, 0.25) is 0 Å². The molecule has 1 saturated heterocycles. The molecule has 0 radical (unpaired) electrons. The van der Waals surface area contributed by atoms with Crippen LogP contribution in [0.1, 0.15) is 28.7 Å². The summed E-state index contributed by atoms with van der Waals surface area (Å²) < 4.78 is 12.9. The molecule has 110 valence electrons. The Labute approximate surface area is 125 Å². The van der Waals surface area contributed by atoms with Crippen molar-refractivity contribution < 1.29 is 13.9 Å². The molecule has 2 aliphatic heterocycles. The predicted molar refractivity (Wildman–Crippen MR) is 71.9 cm³/mol. The first-order valence-corrected chi connectivity index (χ1v) is 7.15. The number of amides is 1. The number of fused-ring (bicyclic) bond motifs is 3. The zero-order chi connectivity index (χ0) is 14.4. The van der Waals surface area contributed by atoms with Crippen molar-refractivity contribution in [1.29, 1.82) is 0 Å². The Morgan fingerprint density at radius 2 is 2.33 bits per heavy atom. The Kier molecular flexibility index (Phi) is 2.97. The molecular weight excluding hydrogens is 296 g/mol. The van der Waals surface area contributed by atoms with Crippen LogP contribution in [-0.4, -0.2) is 45.0 Å². The molecule has 0 saturated carbocycles. The third-order valence-electron chi connectivity index (χ3n) is 4.00. The highest BCUT2D eigenvalue weighted by Gasteiger charge is 2.38. The lowest BCUT2D eigenvalue weighted by Gasteiger charge is -2.40. The van der Waals surface area contributed by atoms with Crippen LogP contribution in [0.3, 0.4) is 0 Å². The number of nitrogens with zero attached hydrogens (tertiary/aromatic N) is 4. The molecule has 8 heteroatoms. The number of hydrogen-bond acceptors (Lipinski definition) is 5. The van der Waals surface area contributed by atoms with Crippen molar-refractivity contribution in [3.63, 3.8) is 0 Å². The maximum absolute atomic E-state index is 12.4. The molecule has 1 fully saturated rings. The number of hydrogen-bond donors (Lipinski definition) is 0. The lowest BCUT2D eigenvalue weighted by Crippen LogP contribution is -2.50. The van der Waals surface area contributed by atoms with Crippen molar-refractivity contribution >= 4 is 17.5 Å². The minimum atomic E-state index is -0.159. The van der Waals surface area contributed by atoms with E-state index in [2.05, 4.69) is 10.3 Å². The van der Waals surface area contributed by atoms with Crippen LogP contribution in [0, 0.1) is 0 Å². The highest BCUT2D eigenvalue weighted by atomic mass is 35.5. The van der Waals surface area contributed by atoms with Gasteiger partial charge in [-0.15, -0.1) is 5.10 Å². The molecule has 1 amide bonds. The Morgan fingerprint density at radius 3 is 3.14 bits per heavy atom. The van der Waals surface area contributed by atoms with Crippen molar-refractivity contribution in [2.75, 3.05) is 13.1 Å². The molecule has 2 aromatic heterocycles. The van der Waals surface area contributed by atoms with E-state index in [0.717, 1.165) is 12.1 Å². The standard InChI is InChI=1S/C13H13ClN4O3/c14-12-2-1-10(21-12)13(19)17-4-3-9-11(6-17)20-7-8-5-15-16-18(8)9/h1-2,5,9,11H,3-4,6-7H2/t9-,11-/m0/s1. The summed E-state index contributed by atoms with van der Waals surface area (Å²) in [4.78, 5) is 14.1. The van der Waals surface area contributed by atoms with Crippen LogP contribution in [0.4, 0.5) is 0 Å². The Morgan fingerprint density at radius 1 is 1.43 bits per heavy atom. The first-order valence-electron chi connectivity index (χ1n) is 6.77.